The molecule has 1 saturated heterocycles. The minimum absolute atomic E-state index is 0.0673. The lowest BCUT2D eigenvalue weighted by molar-refractivity contribution is 0.0432. The number of nitrogens with zero attached hydrogens (tertiary/aromatic N) is 1. The summed E-state index contributed by atoms with van der Waals surface area (Å²) in [4.78, 5) is 4.32. The van der Waals surface area contributed by atoms with E-state index in [0.717, 1.165) is 18.4 Å². The maximum Gasteiger partial charge on any atom is 0.193 e. The van der Waals surface area contributed by atoms with E-state index in [1.165, 1.54) is 0 Å². The standard InChI is InChI=1S/C17H19ClFNO/c1-10-4-5-11(14(19)8-10)13-9-15(18)20-16-12(13)6-7-17(2,3)21-16/h4-5,8-9,12-13H,6-7H2,1-3H3. The number of rotatable bonds is 1. The van der Waals surface area contributed by atoms with E-state index < -0.39 is 0 Å². The average Bonchev–Trinajstić information content (AvgIpc) is 2.36. The van der Waals surface area contributed by atoms with E-state index in [1.54, 1.807) is 6.07 Å². The van der Waals surface area contributed by atoms with Gasteiger partial charge in [-0.1, -0.05) is 23.7 Å². The second-order valence-corrected chi connectivity index (χ2v) is 6.88. The summed E-state index contributed by atoms with van der Waals surface area (Å²) in [6.07, 6.45) is 3.68. The Bertz CT molecular complexity index is 636. The number of aliphatic imine (C=N–C) groups is 1. The van der Waals surface area contributed by atoms with Gasteiger partial charge in [-0.25, -0.2) is 9.38 Å². The number of fused-ring (bicyclic) bond motifs is 1. The van der Waals surface area contributed by atoms with Gasteiger partial charge in [-0.15, -0.1) is 0 Å². The van der Waals surface area contributed by atoms with Crippen molar-refractivity contribution < 1.29 is 9.13 Å². The van der Waals surface area contributed by atoms with Crippen LogP contribution >= 0.6 is 11.6 Å². The van der Waals surface area contributed by atoms with E-state index in [2.05, 4.69) is 4.99 Å². The molecule has 0 bridgehead atoms. The normalized spacial score (nSPS) is 27.3. The number of benzene rings is 1. The van der Waals surface area contributed by atoms with Crippen LogP contribution in [0.1, 0.15) is 43.7 Å². The molecule has 2 unspecified atom stereocenters. The third-order valence-electron chi connectivity index (χ3n) is 4.24. The Morgan fingerprint density at radius 2 is 2.14 bits per heavy atom. The first-order valence-electron chi connectivity index (χ1n) is 7.27. The van der Waals surface area contributed by atoms with Gasteiger partial charge in [0.15, 0.2) is 5.90 Å². The Balaban J connectivity index is 1.99. The molecule has 2 aliphatic heterocycles. The minimum atomic E-state index is -0.236. The van der Waals surface area contributed by atoms with Crippen LogP contribution in [0.2, 0.25) is 0 Å². The lowest BCUT2D eigenvalue weighted by Crippen LogP contribution is -2.41. The molecule has 1 aromatic carbocycles. The number of allylic oxidation sites excluding steroid dienone is 1. The lowest BCUT2D eigenvalue weighted by Gasteiger charge is -2.40. The first kappa shape index (κ1) is 14.6. The predicted molar refractivity (Wildman–Crippen MR) is 83.1 cm³/mol. The highest BCUT2D eigenvalue weighted by Crippen LogP contribution is 2.42. The second-order valence-electron chi connectivity index (χ2n) is 6.50. The Morgan fingerprint density at radius 1 is 1.38 bits per heavy atom. The fraction of sp³-hybridized carbons (Fsp3) is 0.471. The van der Waals surface area contributed by atoms with Crippen molar-refractivity contribution in [3.8, 4) is 0 Å². The SMILES string of the molecule is Cc1ccc(C2C=C(Cl)N=C3OC(C)(C)CCC32)c(F)c1. The van der Waals surface area contributed by atoms with Crippen LogP contribution < -0.4 is 0 Å². The lowest BCUT2D eigenvalue weighted by atomic mass is 9.77. The quantitative estimate of drug-likeness (QED) is 0.675. The molecule has 3 rings (SSSR count). The van der Waals surface area contributed by atoms with Gasteiger partial charge < -0.3 is 4.74 Å². The van der Waals surface area contributed by atoms with Gasteiger partial charge in [-0.2, -0.15) is 0 Å². The largest absolute Gasteiger partial charge is 0.474 e. The van der Waals surface area contributed by atoms with Crippen LogP contribution in [0.15, 0.2) is 34.4 Å². The Morgan fingerprint density at radius 3 is 2.86 bits per heavy atom. The van der Waals surface area contributed by atoms with Crippen molar-refractivity contribution in [2.75, 3.05) is 0 Å². The molecule has 0 aromatic heterocycles. The van der Waals surface area contributed by atoms with Gasteiger partial charge >= 0.3 is 0 Å². The van der Waals surface area contributed by atoms with E-state index in [1.807, 2.05) is 39.0 Å². The third-order valence-corrected chi connectivity index (χ3v) is 4.45. The predicted octanol–water partition coefficient (Wildman–Crippen LogP) is 4.92. The number of aryl methyl sites for hydroxylation is 1. The van der Waals surface area contributed by atoms with Crippen molar-refractivity contribution in [3.63, 3.8) is 0 Å². The first-order chi connectivity index (χ1) is 9.85. The number of hydrogen-bond acceptors (Lipinski definition) is 2. The Kier molecular flexibility index (Phi) is 3.56. The van der Waals surface area contributed by atoms with Crippen LogP contribution in [-0.2, 0) is 4.74 Å². The summed E-state index contributed by atoms with van der Waals surface area (Å²) in [6.45, 7) is 5.97. The molecule has 21 heavy (non-hydrogen) atoms. The maximum atomic E-state index is 14.3. The summed E-state index contributed by atoms with van der Waals surface area (Å²) in [5.74, 6) is 0.412. The zero-order valence-corrected chi connectivity index (χ0v) is 13.2. The zero-order valence-electron chi connectivity index (χ0n) is 12.5. The average molecular weight is 308 g/mol. The van der Waals surface area contributed by atoms with Gasteiger partial charge in [0.25, 0.3) is 0 Å². The first-order valence-corrected chi connectivity index (χ1v) is 7.64. The molecule has 1 fully saturated rings. The van der Waals surface area contributed by atoms with Crippen LogP contribution in [0.5, 0.6) is 0 Å². The third kappa shape index (κ3) is 2.84. The molecular formula is C17H19ClFNO. The molecule has 0 radical (unpaired) electrons. The molecule has 2 atom stereocenters. The van der Waals surface area contributed by atoms with Gasteiger partial charge in [-0.3, -0.25) is 0 Å². The Labute approximate surface area is 129 Å². The summed E-state index contributed by atoms with van der Waals surface area (Å²) in [5.41, 5.74) is 1.34. The van der Waals surface area contributed by atoms with E-state index in [9.17, 15) is 4.39 Å². The highest BCUT2D eigenvalue weighted by molar-refractivity contribution is 6.30. The van der Waals surface area contributed by atoms with Crippen molar-refractivity contribution in [1.29, 1.82) is 0 Å². The molecule has 0 aliphatic carbocycles. The maximum absolute atomic E-state index is 14.3. The van der Waals surface area contributed by atoms with Crippen molar-refractivity contribution in [1.82, 2.24) is 0 Å². The van der Waals surface area contributed by atoms with Crippen LogP contribution in [0.4, 0.5) is 4.39 Å². The molecule has 0 N–H and O–H groups in total. The fourth-order valence-electron chi connectivity index (χ4n) is 3.09. The van der Waals surface area contributed by atoms with E-state index >= 15 is 0 Å². The summed E-state index contributed by atoms with van der Waals surface area (Å²) in [6, 6.07) is 5.34. The monoisotopic (exact) mass is 307 g/mol. The zero-order chi connectivity index (χ0) is 15.2. The van der Waals surface area contributed by atoms with Crippen molar-refractivity contribution in [2.45, 2.75) is 45.1 Å². The molecule has 1 aromatic rings. The van der Waals surface area contributed by atoms with Crippen LogP contribution in [0, 0.1) is 18.7 Å². The molecule has 0 spiro atoms. The molecule has 0 saturated carbocycles. The van der Waals surface area contributed by atoms with Gasteiger partial charge in [0, 0.05) is 11.8 Å². The van der Waals surface area contributed by atoms with Gasteiger partial charge in [0.1, 0.15) is 16.6 Å². The van der Waals surface area contributed by atoms with Gasteiger partial charge in [0.2, 0.25) is 0 Å². The molecule has 2 nitrogen and oxygen atoms in total. The van der Waals surface area contributed by atoms with Crippen molar-refractivity contribution in [3.05, 3.63) is 46.4 Å². The van der Waals surface area contributed by atoms with Crippen LogP contribution in [-0.4, -0.2) is 11.5 Å². The van der Waals surface area contributed by atoms with E-state index in [0.29, 0.717) is 16.6 Å². The van der Waals surface area contributed by atoms with Crippen LogP contribution in [0.25, 0.3) is 0 Å². The van der Waals surface area contributed by atoms with Gasteiger partial charge in [0.05, 0.1) is 0 Å². The summed E-state index contributed by atoms with van der Waals surface area (Å²) in [7, 11) is 0. The number of hydrogen-bond donors (Lipinski definition) is 0. The highest BCUT2D eigenvalue weighted by Gasteiger charge is 2.40. The fourth-order valence-corrected chi connectivity index (χ4v) is 3.31. The minimum Gasteiger partial charge on any atom is -0.474 e. The molecule has 112 valence electrons. The summed E-state index contributed by atoms with van der Waals surface area (Å²) in [5, 5.41) is 0.379. The summed E-state index contributed by atoms with van der Waals surface area (Å²) >= 11 is 6.13. The molecule has 2 heterocycles. The smallest absolute Gasteiger partial charge is 0.193 e. The highest BCUT2D eigenvalue weighted by atomic mass is 35.5. The number of halogens is 2. The van der Waals surface area contributed by atoms with E-state index in [4.69, 9.17) is 16.3 Å². The van der Waals surface area contributed by atoms with Gasteiger partial charge in [-0.05, 0) is 56.9 Å². The number of ether oxygens (including phenoxy) is 1. The molecular weight excluding hydrogens is 289 g/mol. The molecule has 2 aliphatic rings. The Hall–Kier alpha value is -1.35. The van der Waals surface area contributed by atoms with Crippen molar-refractivity contribution in [2.24, 2.45) is 10.9 Å². The van der Waals surface area contributed by atoms with E-state index in [-0.39, 0.29) is 23.3 Å². The molecule has 0 amide bonds. The topological polar surface area (TPSA) is 21.6 Å². The summed E-state index contributed by atoms with van der Waals surface area (Å²) < 4.78 is 20.3. The molecule has 4 heteroatoms. The van der Waals surface area contributed by atoms with Crippen LogP contribution in [0.3, 0.4) is 0 Å². The van der Waals surface area contributed by atoms with Crippen molar-refractivity contribution >= 4 is 17.5 Å². The second kappa shape index (κ2) is 5.13.